The molecule has 3 heteroatoms. The highest BCUT2D eigenvalue weighted by Gasteiger charge is 2.14. The normalized spacial score (nSPS) is 10.4. The molecule has 0 unspecified atom stereocenters. The molecule has 3 nitrogen and oxygen atoms in total. The van der Waals surface area contributed by atoms with Crippen molar-refractivity contribution in [2.45, 2.75) is 46.5 Å². The van der Waals surface area contributed by atoms with Crippen LogP contribution in [0.3, 0.4) is 0 Å². The summed E-state index contributed by atoms with van der Waals surface area (Å²) in [6.45, 7) is 6.82. The number of hydrogen-bond donors (Lipinski definition) is 1. The number of unbranched alkanes of at least 4 members (excludes halogenated alkanes) is 1. The first-order chi connectivity index (χ1) is 8.61. The maximum absolute atomic E-state index is 11.4. The molecule has 0 spiro atoms. The average Bonchev–Trinajstić information content (AvgIpc) is 2.35. The smallest absolute Gasteiger partial charge is 0.252 e. The Kier molecular flexibility index (Phi) is 5.69. The number of ether oxygens (including phenoxy) is 1. The Balaban J connectivity index is 3.08. The third-order valence-corrected chi connectivity index (χ3v) is 3.03. The molecule has 1 amide bonds. The number of aryl methyl sites for hydroxylation is 1. The fraction of sp³-hybridized carbons (Fsp3) is 0.533. The van der Waals surface area contributed by atoms with Crippen LogP contribution in [-0.4, -0.2) is 12.5 Å². The van der Waals surface area contributed by atoms with Gasteiger partial charge in [0.1, 0.15) is 5.75 Å². The molecular formula is C15H23NO2. The fourth-order valence-corrected chi connectivity index (χ4v) is 1.95. The first-order valence-electron chi connectivity index (χ1n) is 6.66. The summed E-state index contributed by atoms with van der Waals surface area (Å²) in [5, 5.41) is 0. The summed E-state index contributed by atoms with van der Waals surface area (Å²) >= 11 is 0. The zero-order chi connectivity index (χ0) is 13.5. The Hall–Kier alpha value is -1.51. The molecule has 0 heterocycles. The topological polar surface area (TPSA) is 52.3 Å². The van der Waals surface area contributed by atoms with Gasteiger partial charge in [0.25, 0.3) is 5.91 Å². The summed E-state index contributed by atoms with van der Waals surface area (Å²) in [5.74, 6) is 0.240. The predicted molar refractivity (Wildman–Crippen MR) is 74.1 cm³/mol. The van der Waals surface area contributed by atoms with E-state index in [1.54, 1.807) is 6.07 Å². The van der Waals surface area contributed by atoms with Gasteiger partial charge in [-0.05, 0) is 43.4 Å². The van der Waals surface area contributed by atoms with Crippen molar-refractivity contribution in [3.63, 3.8) is 0 Å². The molecule has 0 aliphatic heterocycles. The van der Waals surface area contributed by atoms with E-state index < -0.39 is 5.91 Å². The van der Waals surface area contributed by atoms with Crippen LogP contribution in [0, 0.1) is 6.92 Å². The van der Waals surface area contributed by atoms with Gasteiger partial charge in [0.2, 0.25) is 0 Å². The lowest BCUT2D eigenvalue weighted by atomic mass is 9.99. The number of rotatable bonds is 7. The highest BCUT2D eigenvalue weighted by Crippen LogP contribution is 2.27. The Bertz CT molecular complexity index is 413. The van der Waals surface area contributed by atoms with Crippen LogP contribution < -0.4 is 10.5 Å². The second-order valence-electron chi connectivity index (χ2n) is 4.54. The molecule has 0 aromatic heterocycles. The number of carbonyl (C=O) groups is 1. The summed E-state index contributed by atoms with van der Waals surface area (Å²) < 4.78 is 5.70. The Morgan fingerprint density at radius 2 is 2.00 bits per heavy atom. The van der Waals surface area contributed by atoms with Gasteiger partial charge in [0.15, 0.2) is 0 Å². The predicted octanol–water partition coefficient (Wildman–Crippen LogP) is 3.23. The Morgan fingerprint density at radius 3 is 2.56 bits per heavy atom. The van der Waals surface area contributed by atoms with E-state index in [2.05, 4.69) is 6.92 Å². The van der Waals surface area contributed by atoms with Crippen molar-refractivity contribution in [2.75, 3.05) is 6.61 Å². The fourth-order valence-electron chi connectivity index (χ4n) is 1.95. The van der Waals surface area contributed by atoms with E-state index in [0.29, 0.717) is 17.9 Å². The van der Waals surface area contributed by atoms with Gasteiger partial charge < -0.3 is 10.5 Å². The van der Waals surface area contributed by atoms with Crippen molar-refractivity contribution < 1.29 is 9.53 Å². The summed E-state index contributed by atoms with van der Waals surface area (Å²) in [7, 11) is 0. The maximum atomic E-state index is 11.4. The number of benzene rings is 1. The number of carbonyl (C=O) groups excluding carboxylic acids is 1. The highest BCUT2D eigenvalue weighted by atomic mass is 16.5. The summed E-state index contributed by atoms with van der Waals surface area (Å²) in [4.78, 5) is 11.4. The zero-order valence-corrected chi connectivity index (χ0v) is 11.6. The largest absolute Gasteiger partial charge is 0.492 e. The Morgan fingerprint density at radius 1 is 1.28 bits per heavy atom. The van der Waals surface area contributed by atoms with Crippen molar-refractivity contribution in [1.82, 2.24) is 0 Å². The van der Waals surface area contributed by atoms with Crippen molar-refractivity contribution in [2.24, 2.45) is 5.73 Å². The molecule has 0 atom stereocenters. The van der Waals surface area contributed by atoms with E-state index >= 15 is 0 Å². The summed E-state index contributed by atoms with van der Waals surface area (Å²) in [5.41, 5.74) is 8.17. The molecule has 1 rings (SSSR count). The van der Waals surface area contributed by atoms with Crippen LogP contribution in [0.15, 0.2) is 12.1 Å². The molecule has 0 radical (unpaired) electrons. The van der Waals surface area contributed by atoms with Crippen molar-refractivity contribution >= 4 is 5.91 Å². The Labute approximate surface area is 109 Å². The molecule has 0 saturated carbocycles. The number of primary amides is 1. The molecular weight excluding hydrogens is 226 g/mol. The lowest BCUT2D eigenvalue weighted by Gasteiger charge is -2.15. The molecule has 1 aromatic rings. The first-order valence-corrected chi connectivity index (χ1v) is 6.66. The van der Waals surface area contributed by atoms with Crippen LogP contribution >= 0.6 is 0 Å². The second-order valence-corrected chi connectivity index (χ2v) is 4.54. The molecule has 0 bridgehead atoms. The van der Waals surface area contributed by atoms with Gasteiger partial charge in [-0.25, -0.2) is 0 Å². The van der Waals surface area contributed by atoms with E-state index in [4.69, 9.17) is 10.5 Å². The number of nitrogens with two attached hydrogens (primary N) is 1. The van der Waals surface area contributed by atoms with Crippen LogP contribution in [0.2, 0.25) is 0 Å². The minimum Gasteiger partial charge on any atom is -0.492 e. The quantitative estimate of drug-likeness (QED) is 0.806. The second kappa shape index (κ2) is 7.04. The van der Waals surface area contributed by atoms with Gasteiger partial charge in [0.05, 0.1) is 12.2 Å². The van der Waals surface area contributed by atoms with E-state index in [0.717, 1.165) is 31.2 Å². The number of amides is 1. The van der Waals surface area contributed by atoms with Gasteiger partial charge in [0, 0.05) is 0 Å². The number of hydrogen-bond acceptors (Lipinski definition) is 2. The van der Waals surface area contributed by atoms with Crippen LogP contribution in [0.25, 0.3) is 0 Å². The van der Waals surface area contributed by atoms with Crippen LogP contribution in [0.1, 0.15) is 54.6 Å². The van der Waals surface area contributed by atoms with E-state index in [-0.39, 0.29) is 0 Å². The first kappa shape index (κ1) is 14.6. The molecule has 0 fully saturated rings. The molecule has 1 aromatic carbocycles. The van der Waals surface area contributed by atoms with E-state index in [1.807, 2.05) is 19.9 Å². The van der Waals surface area contributed by atoms with Gasteiger partial charge in [-0.2, -0.15) is 0 Å². The minimum atomic E-state index is -0.425. The van der Waals surface area contributed by atoms with E-state index in [1.165, 1.54) is 5.56 Å². The highest BCUT2D eigenvalue weighted by molar-refractivity contribution is 5.96. The molecule has 2 N–H and O–H groups in total. The molecule has 18 heavy (non-hydrogen) atoms. The maximum Gasteiger partial charge on any atom is 0.252 e. The summed E-state index contributed by atoms with van der Waals surface area (Å²) in [6, 6.07) is 3.77. The van der Waals surface area contributed by atoms with Gasteiger partial charge in [-0.15, -0.1) is 0 Å². The lowest BCUT2D eigenvalue weighted by Crippen LogP contribution is -2.15. The van der Waals surface area contributed by atoms with Gasteiger partial charge >= 0.3 is 0 Å². The third-order valence-electron chi connectivity index (χ3n) is 3.03. The monoisotopic (exact) mass is 249 g/mol. The van der Waals surface area contributed by atoms with Gasteiger partial charge in [-0.1, -0.05) is 26.3 Å². The molecule has 0 aliphatic rings. The molecule has 0 aliphatic carbocycles. The van der Waals surface area contributed by atoms with Crippen molar-refractivity contribution in [1.29, 1.82) is 0 Å². The molecule has 0 saturated heterocycles. The lowest BCUT2D eigenvalue weighted by molar-refractivity contribution is 0.0996. The minimum absolute atomic E-state index is 0.425. The van der Waals surface area contributed by atoms with Crippen LogP contribution in [0.4, 0.5) is 0 Å². The summed E-state index contributed by atoms with van der Waals surface area (Å²) in [6.07, 6.45) is 4.23. The van der Waals surface area contributed by atoms with Crippen LogP contribution in [-0.2, 0) is 6.42 Å². The van der Waals surface area contributed by atoms with E-state index in [9.17, 15) is 4.79 Å². The molecule has 100 valence electrons. The standard InChI is InChI=1S/C15H23NO2/c1-4-6-7-12-8-9-13(15(16)17)14(11(12)3)18-10-5-2/h8-9H,4-7,10H2,1-3H3,(H2,16,17). The van der Waals surface area contributed by atoms with Crippen molar-refractivity contribution in [3.05, 3.63) is 28.8 Å². The average molecular weight is 249 g/mol. The SMILES string of the molecule is CCCCc1ccc(C(N)=O)c(OCCC)c1C. The third kappa shape index (κ3) is 3.49. The zero-order valence-electron chi connectivity index (χ0n) is 11.6. The van der Waals surface area contributed by atoms with Gasteiger partial charge in [-0.3, -0.25) is 4.79 Å². The van der Waals surface area contributed by atoms with Crippen LogP contribution in [0.5, 0.6) is 5.75 Å². The van der Waals surface area contributed by atoms with Crippen molar-refractivity contribution in [3.8, 4) is 5.75 Å².